The third kappa shape index (κ3) is 2.61. The molecule has 1 aromatic heterocycles. The zero-order chi connectivity index (χ0) is 13.9. The summed E-state index contributed by atoms with van der Waals surface area (Å²) in [5.41, 5.74) is 2.13. The highest BCUT2D eigenvalue weighted by Crippen LogP contribution is 2.14. The Bertz CT molecular complexity index is 638. The number of nitrogens with one attached hydrogen (secondary N) is 2. The molecule has 3 N–H and O–H groups in total. The normalized spacial score (nSPS) is 12.9. The van der Waals surface area contributed by atoms with Crippen LogP contribution in [-0.4, -0.2) is 28.1 Å². The Morgan fingerprint density at radius 3 is 2.90 bits per heavy atom. The van der Waals surface area contributed by atoms with Crippen molar-refractivity contribution in [2.45, 2.75) is 6.61 Å². The monoisotopic (exact) mass is 270 g/mol. The quantitative estimate of drug-likeness (QED) is 0.684. The maximum Gasteiger partial charge on any atom is 0.491 e. The Kier molecular flexibility index (Phi) is 3.32. The number of nitrogens with zero attached hydrogens (tertiary/aromatic N) is 2. The average molecular weight is 270 g/mol. The van der Waals surface area contributed by atoms with Crippen LogP contribution in [0.25, 0.3) is 0 Å². The van der Waals surface area contributed by atoms with E-state index in [2.05, 4.69) is 20.6 Å². The van der Waals surface area contributed by atoms with Gasteiger partial charge in [0.25, 0.3) is 0 Å². The van der Waals surface area contributed by atoms with Crippen molar-refractivity contribution in [1.29, 1.82) is 0 Å². The van der Waals surface area contributed by atoms with Crippen LogP contribution in [0.2, 0.25) is 0 Å². The van der Waals surface area contributed by atoms with E-state index in [4.69, 9.17) is 4.65 Å². The van der Waals surface area contributed by atoms with Crippen LogP contribution in [0.1, 0.15) is 5.56 Å². The van der Waals surface area contributed by atoms with E-state index in [-0.39, 0.29) is 5.95 Å². The number of hydrogen-bond acceptors (Lipinski definition) is 5. The maximum absolute atomic E-state index is 11.8. The first-order valence-corrected chi connectivity index (χ1v) is 6.00. The topological polar surface area (TPSA) is 96.4 Å². The van der Waals surface area contributed by atoms with Crippen LogP contribution >= 0.6 is 0 Å². The predicted octanol–water partition coefficient (Wildman–Crippen LogP) is 0.338. The van der Waals surface area contributed by atoms with E-state index >= 15 is 0 Å². The fraction of sp³-hybridized carbons (Fsp3) is 0.0833. The zero-order valence-electron chi connectivity index (χ0n) is 10.4. The van der Waals surface area contributed by atoms with Gasteiger partial charge in [0, 0.05) is 18.1 Å². The van der Waals surface area contributed by atoms with E-state index in [1.54, 1.807) is 24.3 Å². The van der Waals surface area contributed by atoms with Crippen molar-refractivity contribution in [3.8, 4) is 0 Å². The highest BCUT2D eigenvalue weighted by atomic mass is 16.5. The SMILES string of the molecule is O=C(Nc1ccc2c(c1)B(O)OC2)Nc1ncccn1. The molecular formula is C12H11BN4O3. The highest BCUT2D eigenvalue weighted by Gasteiger charge is 2.27. The van der Waals surface area contributed by atoms with Gasteiger partial charge in [-0.1, -0.05) is 6.07 Å². The van der Waals surface area contributed by atoms with Crippen LogP contribution in [0, 0.1) is 0 Å². The molecule has 2 amide bonds. The summed E-state index contributed by atoms with van der Waals surface area (Å²) in [6.45, 7) is 0.376. The van der Waals surface area contributed by atoms with E-state index in [0.29, 0.717) is 17.8 Å². The number of carbonyl (C=O) groups is 1. The molecule has 8 heteroatoms. The number of urea groups is 1. The summed E-state index contributed by atoms with van der Waals surface area (Å²) in [6, 6.07) is 6.43. The van der Waals surface area contributed by atoms with Gasteiger partial charge < -0.3 is 15.0 Å². The van der Waals surface area contributed by atoms with E-state index in [9.17, 15) is 9.82 Å². The molecule has 100 valence electrons. The number of rotatable bonds is 2. The molecule has 0 saturated carbocycles. The third-order valence-electron chi connectivity index (χ3n) is 2.86. The smallest absolute Gasteiger partial charge is 0.423 e. The second kappa shape index (κ2) is 5.28. The van der Waals surface area contributed by atoms with Gasteiger partial charge in [0.2, 0.25) is 5.95 Å². The lowest BCUT2D eigenvalue weighted by Gasteiger charge is -2.07. The number of anilines is 2. The standard InChI is InChI=1S/C12H11BN4O3/c18-12(17-11-14-4-1-5-15-11)16-9-3-2-8-7-20-13(19)10(8)6-9/h1-6,19H,7H2,(H2,14,15,16,17,18). The third-order valence-corrected chi connectivity index (χ3v) is 2.86. The van der Waals surface area contributed by atoms with E-state index in [1.165, 1.54) is 12.4 Å². The lowest BCUT2D eigenvalue weighted by atomic mass is 9.79. The summed E-state index contributed by atoms with van der Waals surface area (Å²) in [5.74, 6) is 0.217. The number of hydrogen-bond donors (Lipinski definition) is 3. The van der Waals surface area contributed by atoms with Gasteiger partial charge >= 0.3 is 13.1 Å². The lowest BCUT2D eigenvalue weighted by Crippen LogP contribution is -2.29. The molecule has 0 spiro atoms. The van der Waals surface area contributed by atoms with E-state index < -0.39 is 13.1 Å². The molecule has 2 heterocycles. The van der Waals surface area contributed by atoms with Gasteiger partial charge in [-0.15, -0.1) is 0 Å². The molecule has 20 heavy (non-hydrogen) atoms. The number of aromatic nitrogens is 2. The fourth-order valence-corrected chi connectivity index (χ4v) is 1.92. The lowest BCUT2D eigenvalue weighted by molar-refractivity contribution is 0.262. The van der Waals surface area contributed by atoms with Gasteiger partial charge in [0.1, 0.15) is 0 Å². The van der Waals surface area contributed by atoms with Gasteiger partial charge in [0.05, 0.1) is 6.61 Å². The first kappa shape index (κ1) is 12.6. The fourth-order valence-electron chi connectivity index (χ4n) is 1.92. The number of amides is 2. The summed E-state index contributed by atoms with van der Waals surface area (Å²) in [6.07, 6.45) is 3.07. The Labute approximate surface area is 115 Å². The molecule has 3 rings (SSSR count). The molecule has 0 unspecified atom stereocenters. The van der Waals surface area contributed by atoms with Crippen LogP contribution in [0.4, 0.5) is 16.4 Å². The van der Waals surface area contributed by atoms with Crippen molar-refractivity contribution in [2.75, 3.05) is 10.6 Å². The Morgan fingerprint density at radius 2 is 2.10 bits per heavy atom. The summed E-state index contributed by atoms with van der Waals surface area (Å²) in [4.78, 5) is 19.5. The van der Waals surface area contributed by atoms with Crippen LogP contribution in [0.3, 0.4) is 0 Å². The van der Waals surface area contributed by atoms with Crippen molar-refractivity contribution < 1.29 is 14.5 Å². The molecule has 0 saturated heterocycles. The Hall–Kier alpha value is -2.45. The zero-order valence-corrected chi connectivity index (χ0v) is 10.4. The molecule has 0 fully saturated rings. The van der Waals surface area contributed by atoms with Crippen LogP contribution in [-0.2, 0) is 11.3 Å². The molecule has 1 aliphatic heterocycles. The van der Waals surface area contributed by atoms with Gasteiger partial charge in [-0.3, -0.25) is 5.32 Å². The van der Waals surface area contributed by atoms with Crippen LogP contribution in [0.15, 0.2) is 36.7 Å². The molecule has 1 aliphatic rings. The van der Waals surface area contributed by atoms with Crippen molar-refractivity contribution in [2.24, 2.45) is 0 Å². The first-order chi connectivity index (χ1) is 9.72. The minimum atomic E-state index is -0.938. The predicted molar refractivity (Wildman–Crippen MR) is 73.5 cm³/mol. The first-order valence-electron chi connectivity index (χ1n) is 6.00. The van der Waals surface area contributed by atoms with Gasteiger partial charge in [-0.25, -0.2) is 14.8 Å². The van der Waals surface area contributed by atoms with Gasteiger partial charge in [-0.2, -0.15) is 0 Å². The van der Waals surface area contributed by atoms with Crippen LogP contribution < -0.4 is 16.1 Å². The average Bonchev–Trinajstić information content (AvgIpc) is 2.81. The minimum absolute atomic E-state index is 0.217. The van der Waals surface area contributed by atoms with Gasteiger partial charge in [0.15, 0.2) is 0 Å². The molecule has 0 aliphatic carbocycles. The largest absolute Gasteiger partial charge is 0.491 e. The Morgan fingerprint density at radius 1 is 1.30 bits per heavy atom. The molecule has 2 aromatic rings. The van der Waals surface area contributed by atoms with Crippen molar-refractivity contribution in [1.82, 2.24) is 9.97 Å². The summed E-state index contributed by atoms with van der Waals surface area (Å²) >= 11 is 0. The molecule has 1 aromatic carbocycles. The maximum atomic E-state index is 11.8. The minimum Gasteiger partial charge on any atom is -0.423 e. The van der Waals surface area contributed by atoms with Crippen molar-refractivity contribution >= 4 is 30.2 Å². The number of carbonyl (C=O) groups excluding carboxylic acids is 1. The molecule has 0 atom stereocenters. The summed E-state index contributed by atoms with van der Waals surface area (Å²) < 4.78 is 5.09. The van der Waals surface area contributed by atoms with Gasteiger partial charge in [-0.05, 0) is 29.2 Å². The second-order valence-corrected chi connectivity index (χ2v) is 4.23. The van der Waals surface area contributed by atoms with E-state index in [0.717, 1.165) is 5.56 Å². The number of benzene rings is 1. The molecule has 0 radical (unpaired) electrons. The van der Waals surface area contributed by atoms with Crippen LogP contribution in [0.5, 0.6) is 0 Å². The Balaban J connectivity index is 1.69. The van der Waals surface area contributed by atoms with Crippen molar-refractivity contribution in [3.63, 3.8) is 0 Å². The number of fused-ring (bicyclic) bond motifs is 1. The second-order valence-electron chi connectivity index (χ2n) is 4.23. The van der Waals surface area contributed by atoms with E-state index in [1.807, 2.05) is 0 Å². The molecule has 0 bridgehead atoms. The molecule has 7 nitrogen and oxygen atoms in total. The van der Waals surface area contributed by atoms with Crippen molar-refractivity contribution in [3.05, 3.63) is 42.2 Å². The summed E-state index contributed by atoms with van der Waals surface area (Å²) in [5, 5.41) is 14.8. The highest BCUT2D eigenvalue weighted by molar-refractivity contribution is 6.61. The molecular weight excluding hydrogens is 259 g/mol. The summed E-state index contributed by atoms with van der Waals surface area (Å²) in [7, 11) is -0.938.